The van der Waals surface area contributed by atoms with Crippen LogP contribution in [0, 0.1) is 0 Å². The topological polar surface area (TPSA) is 71.2 Å². The van der Waals surface area contributed by atoms with Crippen molar-refractivity contribution < 1.29 is 0 Å². The quantitative estimate of drug-likeness (QED) is 0.908. The molecule has 6 nitrogen and oxygen atoms in total. The molecule has 1 aromatic rings. The van der Waals surface area contributed by atoms with Gasteiger partial charge in [-0.3, -0.25) is 0 Å². The minimum atomic E-state index is 0.345. The average Bonchev–Trinajstić information content (AvgIpc) is 3.01. The summed E-state index contributed by atoms with van der Waals surface area (Å²) in [6, 6.07) is 0.539. The maximum atomic E-state index is 5.91. The Bertz CT molecular complexity index is 457. The van der Waals surface area contributed by atoms with E-state index in [2.05, 4.69) is 31.7 Å². The summed E-state index contributed by atoms with van der Waals surface area (Å²) < 4.78 is 0. The van der Waals surface area contributed by atoms with Gasteiger partial charge in [-0.15, -0.1) is 0 Å². The monoisotopic (exact) mass is 276 g/mol. The highest BCUT2D eigenvalue weighted by Crippen LogP contribution is 2.26. The molecule has 0 saturated carbocycles. The predicted octanol–water partition coefficient (Wildman–Crippen LogP) is 1.82. The number of aromatic nitrogens is 3. The highest BCUT2D eigenvalue weighted by molar-refractivity contribution is 5.45. The number of hydrogen-bond donors (Lipinski definition) is 1. The third kappa shape index (κ3) is 2.64. The van der Waals surface area contributed by atoms with Gasteiger partial charge in [0.2, 0.25) is 17.8 Å². The molecule has 2 fully saturated rings. The van der Waals surface area contributed by atoms with Gasteiger partial charge in [0.1, 0.15) is 0 Å². The van der Waals surface area contributed by atoms with Crippen LogP contribution in [-0.2, 0) is 0 Å². The Kier molecular flexibility index (Phi) is 3.89. The fourth-order valence-corrected chi connectivity index (χ4v) is 3.24. The minimum absolute atomic E-state index is 0.345. The molecule has 1 aromatic heterocycles. The lowest BCUT2D eigenvalue weighted by Gasteiger charge is -2.35. The van der Waals surface area contributed by atoms with E-state index < -0.39 is 0 Å². The van der Waals surface area contributed by atoms with E-state index in [1.54, 1.807) is 0 Å². The van der Waals surface area contributed by atoms with Crippen LogP contribution in [0.1, 0.15) is 45.4 Å². The van der Waals surface area contributed by atoms with Crippen molar-refractivity contribution in [2.45, 2.75) is 51.5 Å². The molecule has 110 valence electrons. The Morgan fingerprint density at radius 3 is 2.45 bits per heavy atom. The molecule has 2 saturated heterocycles. The van der Waals surface area contributed by atoms with E-state index in [0.717, 1.165) is 38.0 Å². The number of anilines is 3. The summed E-state index contributed by atoms with van der Waals surface area (Å²) in [5.74, 6) is 1.87. The molecular weight excluding hydrogens is 252 g/mol. The molecule has 6 heteroatoms. The Morgan fingerprint density at radius 1 is 1.00 bits per heavy atom. The molecule has 3 heterocycles. The molecule has 0 aromatic carbocycles. The second-order valence-corrected chi connectivity index (χ2v) is 5.74. The normalized spacial score (nSPS) is 23.4. The van der Waals surface area contributed by atoms with E-state index in [-0.39, 0.29) is 0 Å². The standard InChI is InChI=1S/C14H24N6/c1-2-11-7-3-4-10-20(11)14-17-12(15)16-13(18-14)19-8-5-6-9-19/h11H,2-10H2,1H3,(H2,15,16,17,18). The Labute approximate surface area is 120 Å². The first-order valence-electron chi connectivity index (χ1n) is 7.81. The molecule has 0 radical (unpaired) electrons. The molecular formula is C14H24N6. The predicted molar refractivity (Wildman–Crippen MR) is 81.0 cm³/mol. The molecule has 0 aliphatic carbocycles. The van der Waals surface area contributed by atoms with E-state index in [1.807, 2.05) is 0 Å². The molecule has 0 spiro atoms. The fourth-order valence-electron chi connectivity index (χ4n) is 3.24. The third-order valence-electron chi connectivity index (χ3n) is 4.37. The minimum Gasteiger partial charge on any atom is -0.368 e. The van der Waals surface area contributed by atoms with Gasteiger partial charge < -0.3 is 15.5 Å². The highest BCUT2D eigenvalue weighted by Gasteiger charge is 2.25. The maximum Gasteiger partial charge on any atom is 0.232 e. The third-order valence-corrected chi connectivity index (χ3v) is 4.37. The highest BCUT2D eigenvalue weighted by atomic mass is 15.4. The molecule has 1 atom stereocenters. The number of hydrogen-bond acceptors (Lipinski definition) is 6. The molecule has 3 rings (SSSR count). The first-order valence-corrected chi connectivity index (χ1v) is 7.81. The molecule has 0 amide bonds. The SMILES string of the molecule is CCC1CCCCN1c1nc(N)nc(N2CCCC2)n1. The van der Waals surface area contributed by atoms with E-state index in [4.69, 9.17) is 5.73 Å². The van der Waals surface area contributed by atoms with Crippen LogP contribution in [0.4, 0.5) is 17.8 Å². The number of rotatable bonds is 3. The lowest BCUT2D eigenvalue weighted by Crippen LogP contribution is -2.40. The largest absolute Gasteiger partial charge is 0.368 e. The van der Waals surface area contributed by atoms with Gasteiger partial charge in [-0.05, 0) is 38.5 Å². The summed E-state index contributed by atoms with van der Waals surface area (Å²) in [4.78, 5) is 17.9. The van der Waals surface area contributed by atoms with Crippen LogP contribution >= 0.6 is 0 Å². The van der Waals surface area contributed by atoms with Gasteiger partial charge in [-0.2, -0.15) is 15.0 Å². The van der Waals surface area contributed by atoms with Crippen molar-refractivity contribution in [1.29, 1.82) is 0 Å². The smallest absolute Gasteiger partial charge is 0.232 e. The second-order valence-electron chi connectivity index (χ2n) is 5.74. The zero-order valence-electron chi connectivity index (χ0n) is 12.3. The first kappa shape index (κ1) is 13.4. The first-order chi connectivity index (χ1) is 9.78. The van der Waals surface area contributed by atoms with Gasteiger partial charge in [-0.1, -0.05) is 6.92 Å². The van der Waals surface area contributed by atoms with Crippen LogP contribution in [0.15, 0.2) is 0 Å². The van der Waals surface area contributed by atoms with Crippen molar-refractivity contribution in [1.82, 2.24) is 15.0 Å². The van der Waals surface area contributed by atoms with Gasteiger partial charge in [0.15, 0.2) is 0 Å². The van der Waals surface area contributed by atoms with Gasteiger partial charge in [0.05, 0.1) is 0 Å². The van der Waals surface area contributed by atoms with Crippen LogP contribution in [0.25, 0.3) is 0 Å². The molecule has 2 N–H and O–H groups in total. The van der Waals surface area contributed by atoms with Crippen LogP contribution in [0.5, 0.6) is 0 Å². The summed E-state index contributed by atoms with van der Waals surface area (Å²) in [6.07, 6.45) is 7.28. The van der Waals surface area contributed by atoms with Crippen molar-refractivity contribution in [3.63, 3.8) is 0 Å². The van der Waals surface area contributed by atoms with Crippen molar-refractivity contribution in [3.8, 4) is 0 Å². The summed E-state index contributed by atoms with van der Waals surface area (Å²) in [7, 11) is 0. The average molecular weight is 276 g/mol. The molecule has 20 heavy (non-hydrogen) atoms. The molecule has 2 aliphatic rings. The lowest BCUT2D eigenvalue weighted by atomic mass is 10.0. The zero-order valence-corrected chi connectivity index (χ0v) is 12.3. The molecule has 0 bridgehead atoms. The van der Waals surface area contributed by atoms with Crippen molar-refractivity contribution in [3.05, 3.63) is 0 Å². The summed E-state index contributed by atoms with van der Waals surface area (Å²) in [6.45, 7) is 5.32. The summed E-state index contributed by atoms with van der Waals surface area (Å²) in [5, 5.41) is 0. The van der Waals surface area contributed by atoms with Crippen molar-refractivity contribution >= 4 is 17.8 Å². The Hall–Kier alpha value is -1.59. The van der Waals surface area contributed by atoms with E-state index >= 15 is 0 Å². The van der Waals surface area contributed by atoms with E-state index in [1.165, 1.54) is 32.1 Å². The van der Waals surface area contributed by atoms with Crippen LogP contribution in [0.3, 0.4) is 0 Å². The van der Waals surface area contributed by atoms with E-state index in [9.17, 15) is 0 Å². The van der Waals surface area contributed by atoms with Gasteiger partial charge in [0.25, 0.3) is 0 Å². The van der Waals surface area contributed by atoms with Crippen LogP contribution < -0.4 is 15.5 Å². The molecule has 2 aliphatic heterocycles. The Morgan fingerprint density at radius 2 is 1.70 bits per heavy atom. The lowest BCUT2D eigenvalue weighted by molar-refractivity contribution is 0.443. The fraction of sp³-hybridized carbons (Fsp3) is 0.786. The number of nitrogens with zero attached hydrogens (tertiary/aromatic N) is 5. The van der Waals surface area contributed by atoms with Gasteiger partial charge in [0, 0.05) is 25.7 Å². The second kappa shape index (κ2) is 5.81. The summed E-state index contributed by atoms with van der Waals surface area (Å²) >= 11 is 0. The van der Waals surface area contributed by atoms with E-state index in [0.29, 0.717) is 12.0 Å². The van der Waals surface area contributed by atoms with Gasteiger partial charge in [-0.25, -0.2) is 0 Å². The Balaban J connectivity index is 1.87. The maximum absolute atomic E-state index is 5.91. The van der Waals surface area contributed by atoms with Gasteiger partial charge >= 0.3 is 0 Å². The van der Waals surface area contributed by atoms with Crippen LogP contribution in [-0.4, -0.2) is 40.6 Å². The van der Waals surface area contributed by atoms with Crippen LogP contribution in [0.2, 0.25) is 0 Å². The number of piperidine rings is 1. The van der Waals surface area contributed by atoms with Crippen molar-refractivity contribution in [2.24, 2.45) is 0 Å². The summed E-state index contributed by atoms with van der Waals surface area (Å²) in [5.41, 5.74) is 5.91. The zero-order chi connectivity index (χ0) is 13.9. The molecule has 1 unspecified atom stereocenters. The number of nitrogens with two attached hydrogens (primary N) is 1. The number of nitrogen functional groups attached to an aromatic ring is 1. The van der Waals surface area contributed by atoms with Crippen molar-refractivity contribution in [2.75, 3.05) is 35.2 Å².